The van der Waals surface area contributed by atoms with Crippen LogP contribution in [0.15, 0.2) is 36.4 Å². The van der Waals surface area contributed by atoms with Crippen LogP contribution in [-0.4, -0.2) is 63.6 Å². The van der Waals surface area contributed by atoms with Crippen molar-refractivity contribution in [2.75, 3.05) is 26.2 Å². The van der Waals surface area contributed by atoms with Crippen LogP contribution < -0.4 is 5.32 Å². The number of hydrogen-bond donors (Lipinski definition) is 1. The van der Waals surface area contributed by atoms with Gasteiger partial charge in [-0.05, 0) is 32.4 Å². The highest BCUT2D eigenvalue weighted by Crippen LogP contribution is 2.16. The molecule has 1 aromatic carbocycles. The van der Waals surface area contributed by atoms with Crippen molar-refractivity contribution in [2.24, 2.45) is 7.05 Å². The van der Waals surface area contributed by atoms with Gasteiger partial charge >= 0.3 is 0 Å². The highest BCUT2D eigenvalue weighted by atomic mass is 16.2. The molecule has 1 N–H and O–H groups in total. The van der Waals surface area contributed by atoms with E-state index in [1.54, 1.807) is 13.0 Å². The summed E-state index contributed by atoms with van der Waals surface area (Å²) in [4.78, 5) is 29.1. The first-order chi connectivity index (χ1) is 14.3. The highest BCUT2D eigenvalue weighted by molar-refractivity contribution is 5.95. The maximum Gasteiger partial charge on any atom is 0.244 e. The number of aryl methyl sites for hydroxylation is 2. The first-order valence-corrected chi connectivity index (χ1v) is 10.4. The molecule has 0 spiro atoms. The van der Waals surface area contributed by atoms with Gasteiger partial charge in [-0.2, -0.15) is 5.10 Å². The van der Waals surface area contributed by atoms with Crippen LogP contribution in [0.5, 0.6) is 0 Å². The molecule has 2 heterocycles. The molecule has 1 atom stereocenters. The van der Waals surface area contributed by atoms with Gasteiger partial charge in [0.25, 0.3) is 0 Å². The minimum atomic E-state index is -0.549. The van der Waals surface area contributed by atoms with Crippen LogP contribution in [0.25, 0.3) is 6.08 Å². The smallest absolute Gasteiger partial charge is 0.244 e. The van der Waals surface area contributed by atoms with Crippen LogP contribution in [0.3, 0.4) is 0 Å². The Morgan fingerprint density at radius 2 is 1.80 bits per heavy atom. The van der Waals surface area contributed by atoms with E-state index in [9.17, 15) is 9.59 Å². The van der Waals surface area contributed by atoms with Gasteiger partial charge in [0.2, 0.25) is 11.8 Å². The molecule has 1 saturated heterocycles. The fourth-order valence-corrected chi connectivity index (χ4v) is 3.73. The van der Waals surface area contributed by atoms with Crippen LogP contribution >= 0.6 is 0 Å². The fraction of sp³-hybridized carbons (Fsp3) is 0.435. The number of benzene rings is 1. The van der Waals surface area contributed by atoms with Crippen molar-refractivity contribution < 1.29 is 9.59 Å². The van der Waals surface area contributed by atoms with E-state index in [-0.39, 0.29) is 11.8 Å². The predicted molar refractivity (Wildman–Crippen MR) is 118 cm³/mol. The zero-order chi connectivity index (χ0) is 21.7. The van der Waals surface area contributed by atoms with Gasteiger partial charge < -0.3 is 10.2 Å². The number of aromatic nitrogens is 2. The maximum absolute atomic E-state index is 12.7. The lowest BCUT2D eigenvalue weighted by atomic mass is 10.1. The van der Waals surface area contributed by atoms with Crippen LogP contribution in [0.1, 0.15) is 29.4 Å². The van der Waals surface area contributed by atoms with E-state index in [1.807, 2.05) is 53.9 Å². The normalized spacial score (nSPS) is 16.1. The Morgan fingerprint density at radius 3 is 2.40 bits per heavy atom. The van der Waals surface area contributed by atoms with Crippen LogP contribution in [-0.2, 0) is 23.2 Å². The van der Waals surface area contributed by atoms with Crippen molar-refractivity contribution in [3.05, 3.63) is 58.9 Å². The third-order valence-electron chi connectivity index (χ3n) is 5.68. The summed E-state index contributed by atoms with van der Waals surface area (Å²) in [6.07, 6.45) is 3.21. The summed E-state index contributed by atoms with van der Waals surface area (Å²) in [6.45, 7) is 9.68. The summed E-state index contributed by atoms with van der Waals surface area (Å²) in [5.74, 6) is -0.300. The number of nitrogens with one attached hydrogen (secondary N) is 1. The second-order valence-corrected chi connectivity index (χ2v) is 7.85. The van der Waals surface area contributed by atoms with Crippen molar-refractivity contribution in [2.45, 2.75) is 33.4 Å². The minimum Gasteiger partial charge on any atom is -0.341 e. The molecule has 30 heavy (non-hydrogen) atoms. The monoisotopic (exact) mass is 409 g/mol. The highest BCUT2D eigenvalue weighted by Gasteiger charge is 2.26. The van der Waals surface area contributed by atoms with Crippen molar-refractivity contribution in [3.63, 3.8) is 0 Å². The summed E-state index contributed by atoms with van der Waals surface area (Å²) in [5.41, 5.74) is 4.46. The minimum absolute atomic E-state index is 0.0372. The Bertz CT molecular complexity index is 911. The van der Waals surface area contributed by atoms with E-state index in [1.165, 1.54) is 17.3 Å². The Kier molecular flexibility index (Phi) is 7.05. The zero-order valence-corrected chi connectivity index (χ0v) is 18.3. The zero-order valence-electron chi connectivity index (χ0n) is 18.3. The molecule has 160 valence electrons. The van der Waals surface area contributed by atoms with Gasteiger partial charge in [-0.1, -0.05) is 30.3 Å². The lowest BCUT2D eigenvalue weighted by molar-refractivity contribution is -0.136. The molecular formula is C23H31N5O2. The second kappa shape index (κ2) is 9.71. The molecule has 1 aromatic heterocycles. The molecule has 1 fully saturated rings. The summed E-state index contributed by atoms with van der Waals surface area (Å²) in [6, 6.07) is 9.06. The molecule has 2 amide bonds. The van der Waals surface area contributed by atoms with Gasteiger partial charge in [0.1, 0.15) is 6.04 Å². The quantitative estimate of drug-likeness (QED) is 0.740. The lowest BCUT2D eigenvalue weighted by Crippen LogP contribution is -2.53. The van der Waals surface area contributed by atoms with Crippen LogP contribution in [0.2, 0.25) is 0 Å². The molecule has 7 nitrogen and oxygen atoms in total. The standard InChI is InChI=1S/C23H31N5O2/c1-17-21(19(3)26(4)25-17)16-27-12-14-28(15-13-27)23(30)18(2)24-22(29)11-10-20-8-6-5-7-9-20/h5-11,18H,12-16H2,1-4H3,(H,24,29)/b11-10+. The van der Waals surface area contributed by atoms with Gasteiger partial charge in [0.05, 0.1) is 5.69 Å². The van der Waals surface area contributed by atoms with E-state index in [0.29, 0.717) is 13.1 Å². The van der Waals surface area contributed by atoms with Gasteiger partial charge in [-0.15, -0.1) is 0 Å². The van der Waals surface area contributed by atoms with E-state index in [0.717, 1.165) is 30.9 Å². The molecule has 3 rings (SSSR count). The van der Waals surface area contributed by atoms with E-state index < -0.39 is 6.04 Å². The van der Waals surface area contributed by atoms with Crippen molar-refractivity contribution in [1.82, 2.24) is 24.9 Å². The summed E-state index contributed by atoms with van der Waals surface area (Å²) < 4.78 is 1.92. The van der Waals surface area contributed by atoms with Gasteiger partial charge in [-0.3, -0.25) is 19.2 Å². The number of piperazine rings is 1. The third kappa shape index (κ3) is 5.36. The molecular weight excluding hydrogens is 378 g/mol. The Balaban J connectivity index is 1.47. The van der Waals surface area contributed by atoms with Crippen molar-refractivity contribution in [3.8, 4) is 0 Å². The maximum atomic E-state index is 12.7. The Morgan fingerprint density at radius 1 is 1.13 bits per heavy atom. The van der Waals surface area contributed by atoms with Gasteiger partial charge in [0, 0.05) is 57.1 Å². The molecule has 1 aliphatic heterocycles. The number of carbonyl (C=O) groups excluding carboxylic acids is 2. The summed E-state index contributed by atoms with van der Waals surface area (Å²) in [7, 11) is 1.97. The van der Waals surface area contributed by atoms with Gasteiger partial charge in [-0.25, -0.2) is 0 Å². The molecule has 0 bridgehead atoms. The van der Waals surface area contributed by atoms with Crippen LogP contribution in [0, 0.1) is 13.8 Å². The van der Waals surface area contributed by atoms with Crippen molar-refractivity contribution in [1.29, 1.82) is 0 Å². The largest absolute Gasteiger partial charge is 0.341 e. The summed E-state index contributed by atoms with van der Waals surface area (Å²) in [5, 5.41) is 7.26. The molecule has 0 aliphatic carbocycles. The molecule has 7 heteroatoms. The number of rotatable bonds is 6. The van der Waals surface area contributed by atoms with Gasteiger partial charge in [0.15, 0.2) is 0 Å². The van der Waals surface area contributed by atoms with E-state index in [4.69, 9.17) is 0 Å². The van der Waals surface area contributed by atoms with Crippen molar-refractivity contribution >= 4 is 17.9 Å². The fourth-order valence-electron chi connectivity index (χ4n) is 3.73. The molecule has 1 aliphatic rings. The average Bonchev–Trinajstić information content (AvgIpc) is 2.99. The molecule has 1 unspecified atom stereocenters. The SMILES string of the molecule is Cc1nn(C)c(C)c1CN1CCN(C(=O)C(C)NC(=O)/C=C/c2ccccc2)CC1. The number of amides is 2. The summed E-state index contributed by atoms with van der Waals surface area (Å²) >= 11 is 0. The van der Waals surface area contributed by atoms with E-state index in [2.05, 4.69) is 22.2 Å². The molecule has 0 radical (unpaired) electrons. The van der Waals surface area contributed by atoms with E-state index >= 15 is 0 Å². The third-order valence-corrected chi connectivity index (χ3v) is 5.68. The first kappa shape index (κ1) is 21.8. The lowest BCUT2D eigenvalue weighted by Gasteiger charge is -2.36. The first-order valence-electron chi connectivity index (χ1n) is 10.4. The molecule has 2 aromatic rings. The number of hydrogen-bond acceptors (Lipinski definition) is 4. The second-order valence-electron chi connectivity index (χ2n) is 7.85. The Labute approximate surface area is 178 Å². The predicted octanol–water partition coefficient (Wildman–Crippen LogP) is 1.90. The van der Waals surface area contributed by atoms with Crippen LogP contribution in [0.4, 0.5) is 0 Å². The average molecular weight is 410 g/mol. The topological polar surface area (TPSA) is 70.5 Å². The Hall–Kier alpha value is -2.93. The molecule has 0 saturated carbocycles. The number of carbonyl (C=O) groups is 2. The number of nitrogens with zero attached hydrogens (tertiary/aromatic N) is 4.